The van der Waals surface area contributed by atoms with Gasteiger partial charge >= 0.3 is 0 Å². The summed E-state index contributed by atoms with van der Waals surface area (Å²) in [6.07, 6.45) is 1.33. The molecule has 26 heavy (non-hydrogen) atoms. The molecule has 2 heterocycles. The van der Waals surface area contributed by atoms with Crippen LogP contribution < -0.4 is 5.32 Å². The van der Waals surface area contributed by atoms with E-state index >= 15 is 0 Å². The van der Waals surface area contributed by atoms with Gasteiger partial charge in [0.25, 0.3) is 5.91 Å². The van der Waals surface area contributed by atoms with Crippen molar-refractivity contribution in [2.45, 2.75) is 4.90 Å². The van der Waals surface area contributed by atoms with Crippen LogP contribution in [0.5, 0.6) is 0 Å². The first-order valence-electron chi connectivity index (χ1n) is 7.68. The lowest BCUT2D eigenvalue weighted by Crippen LogP contribution is -2.40. The minimum Gasteiger partial charge on any atom is -0.379 e. The first kappa shape index (κ1) is 19.1. The average Bonchev–Trinajstić information content (AvgIpc) is 2.64. The second-order valence-corrected chi connectivity index (χ2v) is 8.19. The monoisotopic (exact) mass is 415 g/mol. The zero-order chi connectivity index (χ0) is 18.7. The summed E-state index contributed by atoms with van der Waals surface area (Å²) in [5.74, 6) is -0.439. The van der Waals surface area contributed by atoms with Crippen LogP contribution in [0.4, 0.5) is 5.69 Å². The number of halogens is 2. The number of morpholine rings is 1. The number of hydrogen-bond donors (Lipinski definition) is 1. The lowest BCUT2D eigenvalue weighted by atomic mass is 10.2. The summed E-state index contributed by atoms with van der Waals surface area (Å²) in [7, 11) is -3.78. The van der Waals surface area contributed by atoms with Gasteiger partial charge in [0.05, 0.1) is 23.8 Å². The Morgan fingerprint density at radius 2 is 1.88 bits per heavy atom. The molecule has 7 nitrogen and oxygen atoms in total. The highest BCUT2D eigenvalue weighted by Crippen LogP contribution is 2.28. The molecule has 1 aromatic heterocycles. The highest BCUT2D eigenvalue weighted by atomic mass is 35.5. The number of amides is 1. The molecule has 1 N–H and O–H groups in total. The number of sulfonamides is 1. The van der Waals surface area contributed by atoms with Gasteiger partial charge in [0.2, 0.25) is 10.0 Å². The average molecular weight is 416 g/mol. The van der Waals surface area contributed by atoms with E-state index in [-0.39, 0.29) is 28.2 Å². The summed E-state index contributed by atoms with van der Waals surface area (Å²) in [6.45, 7) is 1.17. The number of anilines is 1. The van der Waals surface area contributed by atoms with Crippen LogP contribution >= 0.6 is 23.2 Å². The Morgan fingerprint density at radius 1 is 1.15 bits per heavy atom. The normalized spacial score (nSPS) is 15.6. The molecule has 3 rings (SSSR count). The van der Waals surface area contributed by atoms with Crippen molar-refractivity contribution in [1.29, 1.82) is 0 Å². The van der Waals surface area contributed by atoms with Gasteiger partial charge in [-0.2, -0.15) is 4.31 Å². The van der Waals surface area contributed by atoms with Crippen molar-refractivity contribution in [3.05, 3.63) is 52.3 Å². The molecule has 0 aliphatic carbocycles. The van der Waals surface area contributed by atoms with E-state index in [2.05, 4.69) is 10.3 Å². The Hall–Kier alpha value is -1.71. The fourth-order valence-corrected chi connectivity index (χ4v) is 4.44. The van der Waals surface area contributed by atoms with Crippen molar-refractivity contribution in [3.8, 4) is 0 Å². The minimum atomic E-state index is -3.78. The SMILES string of the molecule is O=C(Nc1ccc(Cl)c(S(=O)(=O)N2CCOCC2)c1)c1ccc(Cl)nc1. The molecule has 0 unspecified atom stereocenters. The number of hydrogen-bond acceptors (Lipinski definition) is 5. The number of carbonyl (C=O) groups excluding carboxylic acids is 1. The number of pyridine rings is 1. The van der Waals surface area contributed by atoms with E-state index in [0.717, 1.165) is 0 Å². The molecular weight excluding hydrogens is 401 g/mol. The fraction of sp³-hybridized carbons (Fsp3) is 0.250. The van der Waals surface area contributed by atoms with E-state index < -0.39 is 15.9 Å². The van der Waals surface area contributed by atoms with Gasteiger partial charge in [-0.25, -0.2) is 13.4 Å². The largest absolute Gasteiger partial charge is 0.379 e. The number of aromatic nitrogens is 1. The smallest absolute Gasteiger partial charge is 0.257 e. The highest BCUT2D eigenvalue weighted by Gasteiger charge is 2.28. The molecule has 0 spiro atoms. The Labute approximate surface area is 160 Å². The number of carbonyl (C=O) groups is 1. The summed E-state index contributed by atoms with van der Waals surface area (Å²) in [6, 6.07) is 7.32. The van der Waals surface area contributed by atoms with Gasteiger partial charge in [-0.05, 0) is 30.3 Å². The van der Waals surface area contributed by atoms with Crippen LogP contribution in [-0.2, 0) is 14.8 Å². The van der Waals surface area contributed by atoms with Gasteiger partial charge in [0, 0.05) is 25.0 Å². The zero-order valence-corrected chi connectivity index (χ0v) is 15.8. The number of rotatable bonds is 4. The van der Waals surface area contributed by atoms with Crippen LogP contribution in [0.25, 0.3) is 0 Å². The molecule has 1 saturated heterocycles. The maximum Gasteiger partial charge on any atom is 0.257 e. The maximum absolute atomic E-state index is 12.8. The summed E-state index contributed by atoms with van der Waals surface area (Å²) < 4.78 is 32.1. The molecule has 1 aromatic carbocycles. The molecule has 0 bridgehead atoms. The summed E-state index contributed by atoms with van der Waals surface area (Å²) in [5.41, 5.74) is 0.600. The predicted octanol–water partition coefficient (Wildman–Crippen LogP) is 2.66. The van der Waals surface area contributed by atoms with Crippen LogP contribution in [0.1, 0.15) is 10.4 Å². The van der Waals surface area contributed by atoms with Gasteiger partial charge < -0.3 is 10.1 Å². The van der Waals surface area contributed by atoms with Crippen LogP contribution in [0.3, 0.4) is 0 Å². The van der Waals surface area contributed by atoms with E-state index in [1.54, 1.807) is 0 Å². The molecule has 10 heteroatoms. The number of benzene rings is 1. The molecule has 0 atom stereocenters. The van der Waals surface area contributed by atoms with E-state index in [1.807, 2.05) is 0 Å². The van der Waals surface area contributed by atoms with Crippen LogP contribution in [0.15, 0.2) is 41.4 Å². The first-order chi connectivity index (χ1) is 12.4. The van der Waals surface area contributed by atoms with Gasteiger partial charge in [-0.1, -0.05) is 23.2 Å². The van der Waals surface area contributed by atoms with Crippen LogP contribution in [-0.4, -0.2) is 49.9 Å². The van der Waals surface area contributed by atoms with Crippen LogP contribution in [0.2, 0.25) is 10.2 Å². The topological polar surface area (TPSA) is 88.6 Å². The number of ether oxygens (including phenoxy) is 1. The fourth-order valence-electron chi connectivity index (χ4n) is 2.42. The van der Waals surface area contributed by atoms with E-state index in [9.17, 15) is 13.2 Å². The quantitative estimate of drug-likeness (QED) is 0.775. The molecule has 0 radical (unpaired) electrons. The highest BCUT2D eigenvalue weighted by molar-refractivity contribution is 7.89. The Balaban J connectivity index is 1.85. The molecule has 1 aliphatic rings. The van der Waals surface area contributed by atoms with E-state index in [4.69, 9.17) is 27.9 Å². The van der Waals surface area contributed by atoms with E-state index in [0.29, 0.717) is 24.5 Å². The summed E-state index contributed by atoms with van der Waals surface area (Å²) >= 11 is 11.8. The molecule has 138 valence electrons. The second-order valence-electron chi connectivity index (χ2n) is 5.49. The Kier molecular flexibility index (Phi) is 5.79. The van der Waals surface area contributed by atoms with E-state index in [1.165, 1.54) is 40.8 Å². The Bertz CT molecular complexity index is 914. The maximum atomic E-state index is 12.8. The summed E-state index contributed by atoms with van der Waals surface area (Å²) in [5, 5.41) is 2.99. The Morgan fingerprint density at radius 3 is 2.54 bits per heavy atom. The van der Waals surface area contributed by atoms with Crippen LogP contribution in [0, 0.1) is 0 Å². The lowest BCUT2D eigenvalue weighted by molar-refractivity contribution is 0.0730. The van der Waals surface area contributed by atoms with Crippen molar-refractivity contribution in [2.24, 2.45) is 0 Å². The molecule has 1 aliphatic heterocycles. The van der Waals surface area contributed by atoms with Gasteiger partial charge in [-0.3, -0.25) is 4.79 Å². The molecule has 1 amide bonds. The summed E-state index contributed by atoms with van der Waals surface area (Å²) in [4.78, 5) is 16.1. The standard InChI is InChI=1S/C16H15Cl2N3O4S/c17-13-3-2-12(20-16(22)11-1-4-15(18)19-10-11)9-14(13)26(23,24)21-5-7-25-8-6-21/h1-4,9-10H,5-8H2,(H,20,22). The third-order valence-electron chi connectivity index (χ3n) is 3.77. The zero-order valence-electron chi connectivity index (χ0n) is 13.5. The third-order valence-corrected chi connectivity index (χ3v) is 6.37. The van der Waals surface area contributed by atoms with Crippen molar-refractivity contribution in [2.75, 3.05) is 31.6 Å². The van der Waals surface area contributed by atoms with Crippen molar-refractivity contribution in [3.63, 3.8) is 0 Å². The van der Waals surface area contributed by atoms with Gasteiger partial charge in [-0.15, -0.1) is 0 Å². The molecular formula is C16H15Cl2N3O4S. The predicted molar refractivity (Wildman–Crippen MR) is 98.2 cm³/mol. The van der Waals surface area contributed by atoms with Crippen molar-refractivity contribution >= 4 is 44.8 Å². The molecule has 1 fully saturated rings. The molecule has 0 saturated carbocycles. The second kappa shape index (κ2) is 7.89. The lowest BCUT2D eigenvalue weighted by Gasteiger charge is -2.26. The van der Waals surface area contributed by atoms with Gasteiger partial charge in [0.15, 0.2) is 0 Å². The molecule has 2 aromatic rings. The first-order valence-corrected chi connectivity index (χ1v) is 9.88. The third kappa shape index (κ3) is 4.16. The van der Waals surface area contributed by atoms with Crippen molar-refractivity contribution < 1.29 is 17.9 Å². The van der Waals surface area contributed by atoms with Crippen molar-refractivity contribution in [1.82, 2.24) is 9.29 Å². The number of nitrogens with one attached hydrogen (secondary N) is 1. The minimum absolute atomic E-state index is 0.0619. The van der Waals surface area contributed by atoms with Gasteiger partial charge in [0.1, 0.15) is 10.0 Å². The number of nitrogens with zero attached hydrogens (tertiary/aromatic N) is 2.